The van der Waals surface area contributed by atoms with Crippen molar-refractivity contribution in [3.05, 3.63) is 68.8 Å². The van der Waals surface area contributed by atoms with Crippen LogP contribution in [-0.2, 0) is 9.59 Å². The second-order valence-electron chi connectivity index (χ2n) is 9.33. The van der Waals surface area contributed by atoms with Gasteiger partial charge in [-0.15, -0.1) is 0 Å². The molecule has 176 valence electrons. The standard InChI is InChI=1S/C23H23N5O6/c1-21(2)22(3)11-12-23(21,20(30)24-15-5-4-6-17(13-15)28(33)34)19(29)18(22)26-25-14-7-9-16(10-8-14)27(31)32/h4-10,13,25H,11-12H2,1-3H3,(H,24,30). The lowest BCUT2D eigenvalue weighted by Crippen LogP contribution is -2.47. The van der Waals surface area contributed by atoms with Gasteiger partial charge < -0.3 is 5.32 Å². The SMILES string of the molecule is CC12CCC(C(=O)Nc3cccc([N+](=O)[O-])c3)(C(=O)C1=NNc1ccc([N+](=O)[O-])cc1)C2(C)C. The number of rotatable bonds is 6. The minimum atomic E-state index is -1.39. The number of nitro benzene ring substituents is 2. The maximum Gasteiger partial charge on any atom is 0.271 e. The summed E-state index contributed by atoms with van der Waals surface area (Å²) in [6.07, 6.45) is 0.877. The summed E-state index contributed by atoms with van der Waals surface area (Å²) in [4.78, 5) is 48.0. The molecule has 2 atom stereocenters. The molecule has 2 bridgehead atoms. The number of benzene rings is 2. The van der Waals surface area contributed by atoms with Gasteiger partial charge in [-0.3, -0.25) is 35.2 Å². The van der Waals surface area contributed by atoms with E-state index in [2.05, 4.69) is 15.8 Å². The van der Waals surface area contributed by atoms with E-state index in [1.54, 1.807) is 0 Å². The smallest absolute Gasteiger partial charge is 0.271 e. The van der Waals surface area contributed by atoms with Gasteiger partial charge in [-0.1, -0.05) is 26.8 Å². The molecule has 11 heteroatoms. The van der Waals surface area contributed by atoms with E-state index in [1.807, 2.05) is 20.8 Å². The maximum atomic E-state index is 13.7. The van der Waals surface area contributed by atoms with Gasteiger partial charge in [0.2, 0.25) is 5.91 Å². The van der Waals surface area contributed by atoms with Crippen LogP contribution < -0.4 is 10.7 Å². The second-order valence-corrected chi connectivity index (χ2v) is 9.33. The molecule has 2 aromatic rings. The Morgan fingerprint density at radius 1 is 0.941 bits per heavy atom. The van der Waals surface area contributed by atoms with Crippen LogP contribution in [0.4, 0.5) is 22.7 Å². The molecule has 0 heterocycles. The molecular weight excluding hydrogens is 442 g/mol. The quantitative estimate of drug-likeness (QED) is 0.366. The van der Waals surface area contributed by atoms with Gasteiger partial charge in [0.1, 0.15) is 11.1 Å². The summed E-state index contributed by atoms with van der Waals surface area (Å²) in [6, 6.07) is 11.2. The predicted molar refractivity (Wildman–Crippen MR) is 124 cm³/mol. The van der Waals surface area contributed by atoms with E-state index in [-0.39, 0.29) is 22.8 Å². The van der Waals surface area contributed by atoms with E-state index in [0.717, 1.165) is 0 Å². The molecular formula is C23H23N5O6. The molecule has 2 aromatic carbocycles. The number of hydrogen-bond donors (Lipinski definition) is 2. The van der Waals surface area contributed by atoms with Crippen molar-refractivity contribution < 1.29 is 19.4 Å². The van der Waals surface area contributed by atoms with Crippen LogP contribution in [0.2, 0.25) is 0 Å². The van der Waals surface area contributed by atoms with E-state index >= 15 is 0 Å². The first-order valence-electron chi connectivity index (χ1n) is 10.6. The summed E-state index contributed by atoms with van der Waals surface area (Å²) in [5, 5.41) is 29.0. The van der Waals surface area contributed by atoms with Crippen LogP contribution in [0.1, 0.15) is 33.6 Å². The molecule has 0 aromatic heterocycles. The molecule has 2 aliphatic rings. The van der Waals surface area contributed by atoms with Crippen molar-refractivity contribution in [2.24, 2.45) is 21.3 Å². The number of nitro groups is 2. The predicted octanol–water partition coefficient (Wildman–Crippen LogP) is 4.31. The van der Waals surface area contributed by atoms with Gasteiger partial charge in [0.25, 0.3) is 11.4 Å². The van der Waals surface area contributed by atoms with Crippen molar-refractivity contribution >= 4 is 40.2 Å². The van der Waals surface area contributed by atoms with E-state index in [9.17, 15) is 29.8 Å². The van der Waals surface area contributed by atoms with E-state index in [1.165, 1.54) is 48.5 Å². The Morgan fingerprint density at radius 2 is 1.59 bits per heavy atom. The highest BCUT2D eigenvalue weighted by atomic mass is 16.6. The topological polar surface area (TPSA) is 157 Å². The van der Waals surface area contributed by atoms with Gasteiger partial charge in [-0.25, -0.2) is 0 Å². The Bertz CT molecular complexity index is 1250. The number of carbonyl (C=O) groups excluding carboxylic acids is 2. The zero-order valence-electron chi connectivity index (χ0n) is 18.8. The normalized spacial score (nSPS) is 25.9. The van der Waals surface area contributed by atoms with Crippen molar-refractivity contribution in [2.75, 3.05) is 10.7 Å². The van der Waals surface area contributed by atoms with Gasteiger partial charge in [0.05, 0.1) is 15.5 Å². The number of carbonyl (C=O) groups is 2. The number of hydrogen-bond acceptors (Lipinski definition) is 8. The molecule has 2 aliphatic carbocycles. The van der Waals surface area contributed by atoms with Gasteiger partial charge in [-0.2, -0.15) is 5.10 Å². The number of Topliss-reactive ketones (excluding diaryl/α,β-unsaturated/α-hetero) is 1. The summed E-state index contributed by atoms with van der Waals surface area (Å²) in [5.41, 5.74) is 0.625. The van der Waals surface area contributed by atoms with Crippen molar-refractivity contribution in [1.29, 1.82) is 0 Å². The zero-order chi connectivity index (χ0) is 24.9. The lowest BCUT2D eigenvalue weighted by Gasteiger charge is -2.37. The fourth-order valence-corrected chi connectivity index (χ4v) is 5.19. The molecule has 0 radical (unpaired) electrons. The van der Waals surface area contributed by atoms with E-state index < -0.39 is 37.8 Å². The van der Waals surface area contributed by atoms with Crippen molar-refractivity contribution in [3.8, 4) is 0 Å². The van der Waals surface area contributed by atoms with Crippen molar-refractivity contribution in [2.45, 2.75) is 33.6 Å². The fraction of sp³-hybridized carbons (Fsp3) is 0.348. The van der Waals surface area contributed by atoms with Gasteiger partial charge in [0, 0.05) is 35.4 Å². The zero-order valence-corrected chi connectivity index (χ0v) is 18.8. The van der Waals surface area contributed by atoms with E-state index in [4.69, 9.17) is 0 Å². The maximum absolute atomic E-state index is 13.7. The minimum absolute atomic E-state index is 0.0703. The van der Waals surface area contributed by atoms with Crippen molar-refractivity contribution in [3.63, 3.8) is 0 Å². The van der Waals surface area contributed by atoms with Crippen LogP contribution >= 0.6 is 0 Å². The highest BCUT2D eigenvalue weighted by molar-refractivity contribution is 6.51. The molecule has 11 nitrogen and oxygen atoms in total. The van der Waals surface area contributed by atoms with Gasteiger partial charge >= 0.3 is 0 Å². The van der Waals surface area contributed by atoms with Crippen LogP contribution in [-0.4, -0.2) is 27.2 Å². The van der Waals surface area contributed by atoms with Gasteiger partial charge in [-0.05, 0) is 36.5 Å². The summed E-state index contributed by atoms with van der Waals surface area (Å²) in [6.45, 7) is 5.62. The lowest BCUT2D eigenvalue weighted by molar-refractivity contribution is -0.385. The first-order valence-corrected chi connectivity index (χ1v) is 10.6. The highest BCUT2D eigenvalue weighted by Gasteiger charge is 2.76. The molecule has 2 N–H and O–H groups in total. The Labute approximate surface area is 194 Å². The Kier molecular flexibility index (Phi) is 5.23. The molecule has 2 fully saturated rings. The molecule has 2 unspecified atom stereocenters. The Hall–Kier alpha value is -4.15. The number of anilines is 2. The number of nitrogens with zero attached hydrogens (tertiary/aromatic N) is 3. The second kappa shape index (κ2) is 7.72. The first-order chi connectivity index (χ1) is 15.9. The lowest BCUT2D eigenvalue weighted by atomic mass is 9.64. The Morgan fingerprint density at radius 3 is 2.21 bits per heavy atom. The van der Waals surface area contributed by atoms with Crippen LogP contribution in [0.3, 0.4) is 0 Å². The average Bonchev–Trinajstić information content (AvgIpc) is 3.07. The third-order valence-electron chi connectivity index (χ3n) is 7.65. The molecule has 0 spiro atoms. The molecule has 0 saturated heterocycles. The fourth-order valence-electron chi connectivity index (χ4n) is 5.19. The summed E-state index contributed by atoms with van der Waals surface area (Å²) in [5.74, 6) is -0.921. The van der Waals surface area contributed by atoms with Crippen LogP contribution in [0.5, 0.6) is 0 Å². The molecule has 4 rings (SSSR count). The third kappa shape index (κ3) is 3.15. The first kappa shape index (κ1) is 23.0. The van der Waals surface area contributed by atoms with Crippen LogP contribution in [0.25, 0.3) is 0 Å². The molecule has 2 saturated carbocycles. The molecule has 0 aliphatic heterocycles. The monoisotopic (exact) mass is 465 g/mol. The number of nitrogens with one attached hydrogen (secondary N) is 2. The average molecular weight is 465 g/mol. The highest BCUT2D eigenvalue weighted by Crippen LogP contribution is 2.69. The Balaban J connectivity index is 1.65. The van der Waals surface area contributed by atoms with Crippen LogP contribution in [0.15, 0.2) is 53.6 Å². The van der Waals surface area contributed by atoms with Gasteiger partial charge in [0.15, 0.2) is 5.78 Å². The van der Waals surface area contributed by atoms with Crippen molar-refractivity contribution in [1.82, 2.24) is 0 Å². The van der Waals surface area contributed by atoms with E-state index in [0.29, 0.717) is 18.5 Å². The summed E-state index contributed by atoms with van der Waals surface area (Å²) in [7, 11) is 0. The summed E-state index contributed by atoms with van der Waals surface area (Å²) >= 11 is 0. The third-order valence-corrected chi connectivity index (χ3v) is 7.65. The number of hydrazone groups is 1. The molecule has 34 heavy (non-hydrogen) atoms. The number of ketones is 1. The number of fused-ring (bicyclic) bond motifs is 2. The number of amides is 1. The number of non-ortho nitro benzene ring substituents is 2. The largest absolute Gasteiger partial charge is 0.325 e. The molecule has 1 amide bonds. The minimum Gasteiger partial charge on any atom is -0.325 e. The summed E-state index contributed by atoms with van der Waals surface area (Å²) < 4.78 is 0. The van der Waals surface area contributed by atoms with Crippen LogP contribution in [0, 0.1) is 36.5 Å².